The molecule has 0 unspecified atom stereocenters. The number of aryl methyl sites for hydroxylation is 1. The Hall–Kier alpha value is -0.700. The van der Waals surface area contributed by atoms with Crippen LogP contribution in [0.1, 0.15) is 5.69 Å². The summed E-state index contributed by atoms with van der Waals surface area (Å²) in [5.41, 5.74) is 0.777. The van der Waals surface area contributed by atoms with E-state index in [1.807, 2.05) is 0 Å². The summed E-state index contributed by atoms with van der Waals surface area (Å²) in [5, 5.41) is 0. The summed E-state index contributed by atoms with van der Waals surface area (Å²) < 4.78 is 4.63. The number of aromatic nitrogens is 1. The molecule has 0 aliphatic carbocycles. The minimum atomic E-state index is -2.32. The zero-order valence-electron chi connectivity index (χ0n) is 5.93. The molecule has 11 heavy (non-hydrogen) atoms. The van der Waals surface area contributed by atoms with Gasteiger partial charge in [0.05, 0.1) is 0 Å². The van der Waals surface area contributed by atoms with E-state index in [9.17, 15) is 0 Å². The summed E-state index contributed by atoms with van der Waals surface area (Å²) in [6, 6.07) is 3.19. The molecule has 1 aromatic heterocycles. The van der Waals surface area contributed by atoms with Crippen molar-refractivity contribution < 1.29 is 14.3 Å². The smallest absolute Gasteiger partial charge is 0.391 e. The van der Waals surface area contributed by atoms with Crippen LogP contribution in [0.15, 0.2) is 18.3 Å². The first kappa shape index (κ1) is 8.40. The highest BCUT2D eigenvalue weighted by atomic mass is 31.2. The van der Waals surface area contributed by atoms with Gasteiger partial charge in [-0.15, -0.1) is 0 Å². The lowest BCUT2D eigenvalue weighted by atomic mass is 10.4. The van der Waals surface area contributed by atoms with Crippen molar-refractivity contribution in [3.63, 3.8) is 0 Å². The number of nitrogens with zero attached hydrogens (tertiary/aromatic N) is 1. The molecule has 0 aliphatic rings. The molecule has 1 rings (SSSR count). The predicted molar refractivity (Wildman–Crippen MR) is 41.0 cm³/mol. The van der Waals surface area contributed by atoms with E-state index in [0.717, 1.165) is 5.69 Å². The van der Waals surface area contributed by atoms with Crippen LogP contribution in [0, 0.1) is 6.92 Å². The Morgan fingerprint density at radius 3 is 2.82 bits per heavy atom. The van der Waals surface area contributed by atoms with Gasteiger partial charge in [-0.1, -0.05) is 0 Å². The average molecular weight is 173 g/mol. The fourth-order valence-corrected chi connectivity index (χ4v) is 0.973. The van der Waals surface area contributed by atoms with Gasteiger partial charge in [0.15, 0.2) is 0 Å². The van der Waals surface area contributed by atoms with Gasteiger partial charge >= 0.3 is 8.60 Å². The molecule has 0 aliphatic heterocycles. The minimum absolute atomic E-state index is 0.425. The third kappa shape index (κ3) is 2.80. The summed E-state index contributed by atoms with van der Waals surface area (Å²) in [7, 11) is -2.32. The van der Waals surface area contributed by atoms with Crippen LogP contribution in [-0.2, 0) is 0 Å². The van der Waals surface area contributed by atoms with Crippen LogP contribution in [0.5, 0.6) is 5.75 Å². The SMILES string of the molecule is Cc1cc(OP(O)O)ccn1. The molecule has 1 aromatic rings. The fraction of sp³-hybridized carbons (Fsp3) is 0.167. The zero-order chi connectivity index (χ0) is 8.27. The Kier molecular flexibility index (Phi) is 2.76. The van der Waals surface area contributed by atoms with Gasteiger partial charge in [0.1, 0.15) is 5.75 Å². The molecule has 2 N–H and O–H groups in total. The maximum absolute atomic E-state index is 8.47. The first-order chi connectivity index (χ1) is 5.18. The number of rotatable bonds is 2. The molecular formula is C6H8NO3P. The van der Waals surface area contributed by atoms with Crippen LogP contribution in [0.3, 0.4) is 0 Å². The lowest BCUT2D eigenvalue weighted by Gasteiger charge is -2.04. The van der Waals surface area contributed by atoms with Crippen LogP contribution >= 0.6 is 8.60 Å². The van der Waals surface area contributed by atoms with Crippen LogP contribution < -0.4 is 4.52 Å². The Bertz CT molecular complexity index is 241. The maximum atomic E-state index is 8.47. The van der Waals surface area contributed by atoms with E-state index in [2.05, 4.69) is 9.51 Å². The lowest BCUT2D eigenvalue weighted by Crippen LogP contribution is -1.86. The topological polar surface area (TPSA) is 62.6 Å². The van der Waals surface area contributed by atoms with Gasteiger partial charge in [0.2, 0.25) is 0 Å². The first-order valence-corrected chi connectivity index (χ1v) is 4.13. The second kappa shape index (κ2) is 3.62. The van der Waals surface area contributed by atoms with Crippen LogP contribution in [0.25, 0.3) is 0 Å². The van der Waals surface area contributed by atoms with E-state index in [1.54, 1.807) is 25.3 Å². The van der Waals surface area contributed by atoms with Crippen molar-refractivity contribution in [2.75, 3.05) is 0 Å². The van der Waals surface area contributed by atoms with Gasteiger partial charge in [0, 0.05) is 18.0 Å². The summed E-state index contributed by atoms with van der Waals surface area (Å²) >= 11 is 0. The maximum Gasteiger partial charge on any atom is 0.391 e. The first-order valence-electron chi connectivity index (χ1n) is 2.97. The Morgan fingerprint density at radius 1 is 1.55 bits per heavy atom. The molecule has 0 aromatic carbocycles. The number of hydrogen-bond donors (Lipinski definition) is 2. The second-order valence-electron chi connectivity index (χ2n) is 1.98. The number of hydrogen-bond acceptors (Lipinski definition) is 4. The molecule has 0 saturated carbocycles. The molecule has 1 heterocycles. The normalized spacial score (nSPS) is 10.2. The highest BCUT2D eigenvalue weighted by molar-refractivity contribution is 7.39. The quantitative estimate of drug-likeness (QED) is 0.654. The van der Waals surface area contributed by atoms with Crippen molar-refractivity contribution in [2.24, 2.45) is 0 Å². The van der Waals surface area contributed by atoms with E-state index in [1.165, 1.54) is 0 Å². The van der Waals surface area contributed by atoms with Crippen molar-refractivity contribution in [3.05, 3.63) is 24.0 Å². The Morgan fingerprint density at radius 2 is 2.27 bits per heavy atom. The minimum Gasteiger partial charge on any atom is -0.427 e. The van der Waals surface area contributed by atoms with Crippen molar-refractivity contribution >= 4 is 8.60 Å². The average Bonchev–Trinajstić information content (AvgIpc) is 1.85. The molecule has 0 atom stereocenters. The molecule has 0 saturated heterocycles. The van der Waals surface area contributed by atoms with E-state index < -0.39 is 8.60 Å². The van der Waals surface area contributed by atoms with Gasteiger partial charge in [0.25, 0.3) is 0 Å². The van der Waals surface area contributed by atoms with E-state index >= 15 is 0 Å². The molecule has 0 amide bonds. The van der Waals surface area contributed by atoms with E-state index in [-0.39, 0.29) is 0 Å². The third-order valence-electron chi connectivity index (χ3n) is 1.06. The van der Waals surface area contributed by atoms with E-state index in [4.69, 9.17) is 9.79 Å². The lowest BCUT2D eigenvalue weighted by molar-refractivity contribution is 0.375. The van der Waals surface area contributed by atoms with Crippen molar-refractivity contribution in [1.29, 1.82) is 0 Å². The standard InChI is InChI=1S/C6H8NO3P/c1-5-4-6(2-3-7-5)10-11(8)9/h2-4,8-9H,1H3. The second-order valence-corrected chi connectivity index (χ2v) is 2.67. The summed E-state index contributed by atoms with van der Waals surface area (Å²) in [4.78, 5) is 20.9. The summed E-state index contributed by atoms with van der Waals surface area (Å²) in [6.45, 7) is 1.80. The highest BCUT2D eigenvalue weighted by Gasteiger charge is 2.01. The monoisotopic (exact) mass is 173 g/mol. The Labute approximate surface area is 65.5 Å². The predicted octanol–water partition coefficient (Wildman–Crippen LogP) is 0.980. The van der Waals surface area contributed by atoms with Gasteiger partial charge in [-0.2, -0.15) is 0 Å². The van der Waals surface area contributed by atoms with Gasteiger partial charge in [-0.05, 0) is 13.0 Å². The van der Waals surface area contributed by atoms with Crippen LogP contribution in [-0.4, -0.2) is 14.8 Å². The molecule has 0 fully saturated rings. The van der Waals surface area contributed by atoms with E-state index in [0.29, 0.717) is 5.75 Å². The molecule has 0 spiro atoms. The fourth-order valence-electron chi connectivity index (χ4n) is 0.671. The van der Waals surface area contributed by atoms with Crippen LogP contribution in [0.2, 0.25) is 0 Å². The molecule has 60 valence electrons. The van der Waals surface area contributed by atoms with Gasteiger partial charge in [-0.25, -0.2) is 0 Å². The van der Waals surface area contributed by atoms with Crippen molar-refractivity contribution in [2.45, 2.75) is 6.92 Å². The Balaban J connectivity index is 2.71. The van der Waals surface area contributed by atoms with Crippen molar-refractivity contribution in [3.8, 4) is 5.75 Å². The van der Waals surface area contributed by atoms with Crippen LogP contribution in [0.4, 0.5) is 0 Å². The molecule has 4 nitrogen and oxygen atoms in total. The largest absolute Gasteiger partial charge is 0.427 e. The summed E-state index contributed by atoms with van der Waals surface area (Å²) in [5.74, 6) is 0.425. The molecule has 0 radical (unpaired) electrons. The highest BCUT2D eigenvalue weighted by Crippen LogP contribution is 2.28. The molecule has 5 heteroatoms. The third-order valence-corrected chi connectivity index (χ3v) is 1.43. The van der Waals surface area contributed by atoms with Gasteiger partial charge < -0.3 is 14.3 Å². The van der Waals surface area contributed by atoms with Gasteiger partial charge in [-0.3, -0.25) is 4.98 Å². The molecule has 0 bridgehead atoms. The van der Waals surface area contributed by atoms with Crippen molar-refractivity contribution in [1.82, 2.24) is 4.98 Å². The molecular weight excluding hydrogens is 165 g/mol. The zero-order valence-corrected chi connectivity index (χ0v) is 6.82. The summed E-state index contributed by atoms with van der Waals surface area (Å²) in [6.07, 6.45) is 1.55. The number of pyridine rings is 1.